The summed E-state index contributed by atoms with van der Waals surface area (Å²) in [6.07, 6.45) is 1.08. The minimum atomic E-state index is -3.33. The van der Waals surface area contributed by atoms with Crippen molar-refractivity contribution in [1.82, 2.24) is 0 Å². The van der Waals surface area contributed by atoms with E-state index < -0.39 is 9.84 Å². The van der Waals surface area contributed by atoms with Crippen LogP contribution >= 0.6 is 0 Å². The molecule has 3 nitrogen and oxygen atoms in total. The average molecular weight is 200 g/mol. The van der Waals surface area contributed by atoms with Gasteiger partial charge in [0.1, 0.15) is 10.6 Å². The summed E-state index contributed by atoms with van der Waals surface area (Å²) in [5.41, 5.74) is 1.41. The van der Waals surface area contributed by atoms with Gasteiger partial charge in [-0.3, -0.25) is 0 Å². The Bertz CT molecular complexity index is 432. The monoisotopic (exact) mass is 200 g/mol. The Morgan fingerprint density at radius 2 is 1.77 bits per heavy atom. The third-order valence-electron chi connectivity index (χ3n) is 1.81. The van der Waals surface area contributed by atoms with Crippen LogP contribution in [-0.2, 0) is 9.84 Å². The van der Waals surface area contributed by atoms with Crippen LogP contribution in [0.15, 0.2) is 17.0 Å². The number of benzene rings is 1. The summed E-state index contributed by atoms with van der Waals surface area (Å²) in [6.45, 7) is 3.47. The third-order valence-corrected chi connectivity index (χ3v) is 2.92. The van der Waals surface area contributed by atoms with E-state index in [1.807, 2.05) is 0 Å². The molecule has 0 radical (unpaired) electrons. The number of rotatable bonds is 1. The lowest BCUT2D eigenvalue weighted by molar-refractivity contribution is 0.454. The Morgan fingerprint density at radius 3 is 2.23 bits per heavy atom. The van der Waals surface area contributed by atoms with Gasteiger partial charge in [0.15, 0.2) is 9.84 Å². The fourth-order valence-electron chi connectivity index (χ4n) is 1.20. The van der Waals surface area contributed by atoms with Crippen molar-refractivity contribution in [3.05, 3.63) is 23.3 Å². The van der Waals surface area contributed by atoms with Crippen LogP contribution in [0.2, 0.25) is 0 Å². The highest BCUT2D eigenvalue weighted by molar-refractivity contribution is 7.90. The molecule has 0 saturated heterocycles. The molecule has 4 heteroatoms. The first-order valence-electron chi connectivity index (χ1n) is 3.82. The van der Waals surface area contributed by atoms with E-state index in [-0.39, 0.29) is 10.6 Å². The van der Waals surface area contributed by atoms with Gasteiger partial charge in [0.05, 0.1) is 0 Å². The van der Waals surface area contributed by atoms with Gasteiger partial charge in [-0.15, -0.1) is 0 Å². The van der Waals surface area contributed by atoms with Gasteiger partial charge in [0.2, 0.25) is 0 Å². The van der Waals surface area contributed by atoms with Crippen LogP contribution in [0, 0.1) is 13.8 Å². The highest BCUT2D eigenvalue weighted by Crippen LogP contribution is 2.27. The predicted octanol–water partition coefficient (Wildman–Crippen LogP) is 1.41. The zero-order chi connectivity index (χ0) is 10.2. The molecule has 0 amide bonds. The van der Waals surface area contributed by atoms with E-state index in [1.54, 1.807) is 19.9 Å². The molecule has 0 bridgehead atoms. The van der Waals surface area contributed by atoms with Crippen LogP contribution in [0.25, 0.3) is 0 Å². The van der Waals surface area contributed by atoms with E-state index >= 15 is 0 Å². The van der Waals surface area contributed by atoms with E-state index in [4.69, 9.17) is 0 Å². The van der Waals surface area contributed by atoms with Crippen LogP contribution in [0.5, 0.6) is 5.75 Å². The van der Waals surface area contributed by atoms with Gasteiger partial charge in [0.25, 0.3) is 0 Å². The van der Waals surface area contributed by atoms with E-state index in [2.05, 4.69) is 0 Å². The molecule has 0 saturated carbocycles. The van der Waals surface area contributed by atoms with E-state index in [1.165, 1.54) is 6.07 Å². The van der Waals surface area contributed by atoms with Crippen LogP contribution in [-0.4, -0.2) is 19.8 Å². The minimum Gasteiger partial charge on any atom is -0.506 e. The lowest BCUT2D eigenvalue weighted by atomic mass is 10.1. The molecular weight excluding hydrogens is 188 g/mol. The van der Waals surface area contributed by atoms with Crippen LogP contribution in [0.3, 0.4) is 0 Å². The summed E-state index contributed by atoms with van der Waals surface area (Å²) < 4.78 is 22.4. The van der Waals surface area contributed by atoms with E-state index in [0.29, 0.717) is 5.56 Å². The molecule has 0 aliphatic heterocycles. The van der Waals surface area contributed by atoms with Gasteiger partial charge in [-0.25, -0.2) is 8.42 Å². The fourth-order valence-corrected chi connectivity index (χ4v) is 2.12. The molecule has 0 aliphatic rings. The van der Waals surface area contributed by atoms with Crippen molar-refractivity contribution in [1.29, 1.82) is 0 Å². The Hall–Kier alpha value is -1.03. The number of phenolic OH excluding ortho intramolecular Hbond substituents is 1. The summed E-state index contributed by atoms with van der Waals surface area (Å²) in [4.78, 5) is 0.00463. The molecule has 1 aromatic carbocycles. The van der Waals surface area contributed by atoms with Gasteiger partial charge in [-0.05, 0) is 31.0 Å². The molecule has 13 heavy (non-hydrogen) atoms. The quantitative estimate of drug-likeness (QED) is 0.745. The molecule has 1 N–H and O–H groups in total. The molecule has 0 aromatic heterocycles. The lowest BCUT2D eigenvalue weighted by Gasteiger charge is -2.06. The molecule has 1 aromatic rings. The molecule has 0 unspecified atom stereocenters. The summed E-state index contributed by atoms with van der Waals surface area (Å²) in [5, 5.41) is 9.48. The zero-order valence-electron chi connectivity index (χ0n) is 7.83. The van der Waals surface area contributed by atoms with E-state index in [0.717, 1.165) is 11.8 Å². The van der Waals surface area contributed by atoms with Crippen molar-refractivity contribution < 1.29 is 13.5 Å². The summed E-state index contributed by atoms with van der Waals surface area (Å²) in [7, 11) is -3.33. The van der Waals surface area contributed by atoms with Crippen molar-refractivity contribution in [2.24, 2.45) is 0 Å². The maximum Gasteiger partial charge on any atom is 0.179 e. The van der Waals surface area contributed by atoms with Crippen molar-refractivity contribution in [3.8, 4) is 5.75 Å². The van der Waals surface area contributed by atoms with Gasteiger partial charge in [-0.1, -0.05) is 6.07 Å². The van der Waals surface area contributed by atoms with Gasteiger partial charge in [0, 0.05) is 6.26 Å². The second kappa shape index (κ2) is 3.03. The van der Waals surface area contributed by atoms with Crippen LogP contribution < -0.4 is 0 Å². The molecule has 1 rings (SSSR count). The molecule has 0 atom stereocenters. The van der Waals surface area contributed by atoms with Gasteiger partial charge in [-0.2, -0.15) is 0 Å². The molecule has 0 fully saturated rings. The second-order valence-electron chi connectivity index (χ2n) is 3.20. The summed E-state index contributed by atoms with van der Waals surface area (Å²) in [6, 6.07) is 3.21. The maximum absolute atomic E-state index is 11.2. The number of aryl methyl sites for hydroxylation is 2. The Balaban J connectivity index is 3.56. The smallest absolute Gasteiger partial charge is 0.179 e. The molecule has 0 spiro atoms. The second-order valence-corrected chi connectivity index (χ2v) is 5.18. The summed E-state index contributed by atoms with van der Waals surface area (Å²) >= 11 is 0. The average Bonchev–Trinajstić information content (AvgIpc) is 1.94. The number of hydrogen-bond donors (Lipinski definition) is 1. The Labute approximate surface area is 77.9 Å². The van der Waals surface area contributed by atoms with Crippen molar-refractivity contribution in [2.45, 2.75) is 18.7 Å². The number of hydrogen-bond acceptors (Lipinski definition) is 3. The number of sulfone groups is 1. The van der Waals surface area contributed by atoms with Gasteiger partial charge >= 0.3 is 0 Å². The molecule has 72 valence electrons. The zero-order valence-corrected chi connectivity index (χ0v) is 8.64. The lowest BCUT2D eigenvalue weighted by Crippen LogP contribution is -1.99. The van der Waals surface area contributed by atoms with Crippen molar-refractivity contribution >= 4 is 9.84 Å². The highest BCUT2D eigenvalue weighted by Gasteiger charge is 2.14. The minimum absolute atomic E-state index is 0.00463. The van der Waals surface area contributed by atoms with Crippen molar-refractivity contribution in [3.63, 3.8) is 0 Å². The predicted molar refractivity (Wildman–Crippen MR) is 50.7 cm³/mol. The first-order chi connectivity index (χ1) is 5.82. The standard InChI is InChI=1S/C9H12O3S/c1-6-4-7(2)9(10)8(5-6)13(3,11)12/h4-5,10H,1-3H3. The first-order valence-corrected chi connectivity index (χ1v) is 5.72. The number of aromatic hydroxyl groups is 1. The molecular formula is C9H12O3S. The van der Waals surface area contributed by atoms with Crippen LogP contribution in [0.4, 0.5) is 0 Å². The maximum atomic E-state index is 11.2. The highest BCUT2D eigenvalue weighted by atomic mass is 32.2. The van der Waals surface area contributed by atoms with Crippen molar-refractivity contribution in [2.75, 3.05) is 6.26 Å². The SMILES string of the molecule is Cc1cc(C)c(O)c(S(C)(=O)=O)c1. The Kier molecular flexibility index (Phi) is 2.34. The summed E-state index contributed by atoms with van der Waals surface area (Å²) in [5.74, 6) is -0.145. The first kappa shape index (κ1) is 10.1. The topological polar surface area (TPSA) is 54.4 Å². The fraction of sp³-hybridized carbons (Fsp3) is 0.333. The van der Waals surface area contributed by atoms with Gasteiger partial charge < -0.3 is 5.11 Å². The largest absolute Gasteiger partial charge is 0.506 e. The normalized spacial score (nSPS) is 11.6. The Morgan fingerprint density at radius 1 is 1.23 bits per heavy atom. The molecule has 0 aliphatic carbocycles. The molecule has 0 heterocycles. The third kappa shape index (κ3) is 2.01. The van der Waals surface area contributed by atoms with Crippen LogP contribution in [0.1, 0.15) is 11.1 Å². The number of phenols is 1. The van der Waals surface area contributed by atoms with E-state index in [9.17, 15) is 13.5 Å².